The number of nitrogens with two attached hydrogens (primary N) is 1. The van der Waals surface area contributed by atoms with Gasteiger partial charge >= 0.3 is 0 Å². The Morgan fingerprint density at radius 1 is 1.67 bits per heavy atom. The summed E-state index contributed by atoms with van der Waals surface area (Å²) in [6.07, 6.45) is 2.91. The molecule has 1 heterocycles. The predicted molar refractivity (Wildman–Crippen MR) is 63.1 cm³/mol. The quantitative estimate of drug-likeness (QED) is 0.808. The standard InChI is InChI=1S/C11H18N2OS/c1-8(12)4-3-5-11(14)6-10-7-15-9(2)13-10/h7-8H,3-6,12H2,1-2H3. The zero-order valence-corrected chi connectivity index (χ0v) is 10.1. The number of thiazole rings is 1. The molecule has 84 valence electrons. The lowest BCUT2D eigenvalue weighted by Crippen LogP contribution is -2.15. The third-order valence-electron chi connectivity index (χ3n) is 2.16. The molecule has 0 radical (unpaired) electrons. The maximum atomic E-state index is 11.5. The van der Waals surface area contributed by atoms with Gasteiger partial charge in [-0.15, -0.1) is 11.3 Å². The average molecular weight is 226 g/mol. The molecule has 15 heavy (non-hydrogen) atoms. The molecule has 0 aromatic carbocycles. The fourth-order valence-electron chi connectivity index (χ4n) is 1.40. The van der Waals surface area contributed by atoms with Crippen molar-refractivity contribution in [3.63, 3.8) is 0 Å². The molecule has 3 nitrogen and oxygen atoms in total. The molecule has 0 aliphatic heterocycles. The molecule has 0 amide bonds. The Morgan fingerprint density at radius 2 is 2.40 bits per heavy atom. The number of hydrogen-bond acceptors (Lipinski definition) is 4. The topological polar surface area (TPSA) is 56.0 Å². The molecule has 0 saturated heterocycles. The number of nitrogens with zero attached hydrogens (tertiary/aromatic N) is 1. The van der Waals surface area contributed by atoms with Crippen molar-refractivity contribution < 1.29 is 4.79 Å². The van der Waals surface area contributed by atoms with E-state index in [1.54, 1.807) is 11.3 Å². The number of ketones is 1. The molecule has 1 aromatic rings. The van der Waals surface area contributed by atoms with Gasteiger partial charge in [-0.1, -0.05) is 0 Å². The Bertz CT molecular complexity index is 320. The summed E-state index contributed by atoms with van der Waals surface area (Å²) in [4.78, 5) is 15.8. The summed E-state index contributed by atoms with van der Waals surface area (Å²) in [6, 6.07) is 0.194. The lowest BCUT2D eigenvalue weighted by Gasteiger charge is -2.03. The van der Waals surface area contributed by atoms with Crippen molar-refractivity contribution in [3.05, 3.63) is 16.1 Å². The van der Waals surface area contributed by atoms with Crippen LogP contribution in [0.4, 0.5) is 0 Å². The normalized spacial score (nSPS) is 12.7. The van der Waals surface area contributed by atoms with Crippen molar-refractivity contribution in [1.82, 2.24) is 4.98 Å². The summed E-state index contributed by atoms with van der Waals surface area (Å²) in [5, 5.41) is 2.98. The van der Waals surface area contributed by atoms with Crippen molar-refractivity contribution in [2.45, 2.75) is 45.6 Å². The van der Waals surface area contributed by atoms with Gasteiger partial charge in [0.15, 0.2) is 0 Å². The van der Waals surface area contributed by atoms with Gasteiger partial charge in [-0.05, 0) is 26.7 Å². The minimum Gasteiger partial charge on any atom is -0.328 e. The van der Waals surface area contributed by atoms with Gasteiger partial charge in [0.1, 0.15) is 5.78 Å². The van der Waals surface area contributed by atoms with Crippen LogP contribution >= 0.6 is 11.3 Å². The van der Waals surface area contributed by atoms with E-state index < -0.39 is 0 Å². The van der Waals surface area contributed by atoms with Gasteiger partial charge < -0.3 is 5.73 Å². The largest absolute Gasteiger partial charge is 0.328 e. The van der Waals surface area contributed by atoms with Crippen molar-refractivity contribution >= 4 is 17.1 Å². The molecule has 2 N–H and O–H groups in total. The van der Waals surface area contributed by atoms with Crippen LogP contribution in [0, 0.1) is 6.92 Å². The molecule has 1 rings (SSSR count). The molecule has 4 heteroatoms. The molecule has 0 spiro atoms. The van der Waals surface area contributed by atoms with Gasteiger partial charge in [0.25, 0.3) is 0 Å². The third-order valence-corrected chi connectivity index (χ3v) is 2.98. The highest BCUT2D eigenvalue weighted by molar-refractivity contribution is 7.09. The van der Waals surface area contributed by atoms with Gasteiger partial charge in [-0.25, -0.2) is 4.98 Å². The van der Waals surface area contributed by atoms with E-state index in [0.717, 1.165) is 23.5 Å². The number of hydrogen-bond donors (Lipinski definition) is 1. The van der Waals surface area contributed by atoms with Gasteiger partial charge in [0.05, 0.1) is 10.7 Å². The summed E-state index contributed by atoms with van der Waals surface area (Å²) in [6.45, 7) is 3.92. The molecule has 1 aromatic heterocycles. The molecule has 0 aliphatic carbocycles. The fraction of sp³-hybridized carbons (Fsp3) is 0.636. The van der Waals surface area contributed by atoms with E-state index in [-0.39, 0.29) is 11.8 Å². The van der Waals surface area contributed by atoms with Gasteiger partial charge in [-0.2, -0.15) is 0 Å². The van der Waals surface area contributed by atoms with E-state index in [2.05, 4.69) is 4.98 Å². The Labute approximate surface area is 94.7 Å². The summed E-state index contributed by atoms with van der Waals surface area (Å²) in [5.41, 5.74) is 6.52. The number of aryl methyl sites for hydroxylation is 1. The van der Waals surface area contributed by atoms with Crippen LogP contribution in [-0.2, 0) is 11.2 Å². The first-order chi connectivity index (χ1) is 7.08. The first-order valence-electron chi connectivity index (χ1n) is 5.26. The Kier molecular flexibility index (Phi) is 4.91. The maximum Gasteiger partial charge on any atom is 0.138 e. The van der Waals surface area contributed by atoms with Crippen LogP contribution < -0.4 is 5.73 Å². The number of Topliss-reactive ketones (excluding diaryl/α,β-unsaturated/α-hetero) is 1. The van der Waals surface area contributed by atoms with Gasteiger partial charge in [-0.3, -0.25) is 4.79 Å². The number of carbonyl (C=O) groups excluding carboxylic acids is 1. The lowest BCUT2D eigenvalue weighted by atomic mass is 10.1. The number of carbonyl (C=O) groups is 1. The first-order valence-corrected chi connectivity index (χ1v) is 6.14. The van der Waals surface area contributed by atoms with Crippen molar-refractivity contribution in [3.8, 4) is 0 Å². The van der Waals surface area contributed by atoms with Crippen LogP contribution in [0.3, 0.4) is 0 Å². The molecule has 1 unspecified atom stereocenters. The van der Waals surface area contributed by atoms with Crippen LogP contribution in [-0.4, -0.2) is 16.8 Å². The minimum absolute atomic E-state index is 0.194. The van der Waals surface area contributed by atoms with Crippen LogP contribution in [0.2, 0.25) is 0 Å². The Hall–Kier alpha value is -0.740. The fourth-order valence-corrected chi connectivity index (χ4v) is 2.01. The monoisotopic (exact) mass is 226 g/mol. The van der Waals surface area contributed by atoms with E-state index >= 15 is 0 Å². The predicted octanol–water partition coefficient (Wildman–Crippen LogP) is 2.08. The number of aromatic nitrogens is 1. The van der Waals surface area contributed by atoms with E-state index in [1.807, 2.05) is 19.2 Å². The molecule has 0 aliphatic rings. The van der Waals surface area contributed by atoms with Crippen molar-refractivity contribution in [2.75, 3.05) is 0 Å². The third kappa shape index (κ3) is 5.04. The second-order valence-electron chi connectivity index (χ2n) is 3.94. The highest BCUT2D eigenvalue weighted by Gasteiger charge is 2.06. The summed E-state index contributed by atoms with van der Waals surface area (Å²) in [5.74, 6) is 0.265. The van der Waals surface area contributed by atoms with E-state index in [4.69, 9.17) is 5.73 Å². The van der Waals surface area contributed by atoms with Gasteiger partial charge in [0.2, 0.25) is 0 Å². The zero-order chi connectivity index (χ0) is 11.3. The minimum atomic E-state index is 0.194. The van der Waals surface area contributed by atoms with Crippen molar-refractivity contribution in [1.29, 1.82) is 0 Å². The van der Waals surface area contributed by atoms with E-state index in [0.29, 0.717) is 12.8 Å². The molecule has 1 atom stereocenters. The number of rotatable bonds is 6. The lowest BCUT2D eigenvalue weighted by molar-refractivity contribution is -0.118. The highest BCUT2D eigenvalue weighted by atomic mass is 32.1. The first kappa shape index (κ1) is 12.3. The van der Waals surface area contributed by atoms with E-state index in [1.165, 1.54) is 0 Å². The summed E-state index contributed by atoms with van der Waals surface area (Å²) in [7, 11) is 0. The summed E-state index contributed by atoms with van der Waals surface area (Å²) >= 11 is 1.59. The van der Waals surface area contributed by atoms with Crippen molar-refractivity contribution in [2.24, 2.45) is 5.73 Å². The highest BCUT2D eigenvalue weighted by Crippen LogP contribution is 2.10. The second-order valence-corrected chi connectivity index (χ2v) is 5.01. The van der Waals surface area contributed by atoms with Crippen LogP contribution in [0.5, 0.6) is 0 Å². The van der Waals surface area contributed by atoms with Crippen LogP contribution in [0.1, 0.15) is 36.9 Å². The Balaban J connectivity index is 2.24. The maximum absolute atomic E-state index is 11.5. The second kappa shape index (κ2) is 5.98. The average Bonchev–Trinajstić information content (AvgIpc) is 2.50. The molecule has 0 saturated carbocycles. The smallest absolute Gasteiger partial charge is 0.138 e. The zero-order valence-electron chi connectivity index (χ0n) is 9.32. The Morgan fingerprint density at radius 3 is 2.93 bits per heavy atom. The molecule has 0 bridgehead atoms. The van der Waals surface area contributed by atoms with Crippen LogP contribution in [0.15, 0.2) is 5.38 Å². The molecular formula is C11H18N2OS. The molecular weight excluding hydrogens is 208 g/mol. The molecule has 0 fully saturated rings. The SMILES string of the molecule is Cc1nc(CC(=O)CCCC(C)N)cs1. The van der Waals surface area contributed by atoms with Crippen LogP contribution in [0.25, 0.3) is 0 Å². The van der Waals surface area contributed by atoms with Gasteiger partial charge in [0, 0.05) is 24.3 Å². The van der Waals surface area contributed by atoms with E-state index in [9.17, 15) is 4.79 Å². The summed E-state index contributed by atoms with van der Waals surface area (Å²) < 4.78 is 0.